The average Bonchev–Trinajstić information content (AvgIpc) is 3.39. The first kappa shape index (κ1) is 76.0. The number of ether oxygens (including phenoxy) is 2. The van der Waals surface area contributed by atoms with Crippen molar-refractivity contribution >= 4 is 19.8 Å². The van der Waals surface area contributed by atoms with Crippen LogP contribution < -0.4 is 4.89 Å². The number of hydrogen-bond acceptors (Lipinski definition) is 8. The summed E-state index contributed by atoms with van der Waals surface area (Å²) in [5.41, 5.74) is 0. The van der Waals surface area contributed by atoms with Crippen LogP contribution in [0.4, 0.5) is 0 Å². The summed E-state index contributed by atoms with van der Waals surface area (Å²) in [5, 5.41) is 0. The Hall–Kier alpha value is -0.990. The second kappa shape index (κ2) is 59.6. The minimum Gasteiger partial charge on any atom is -0.756 e. The third kappa shape index (κ3) is 64.1. The number of carbonyl (C=O) groups is 2. The normalized spacial score (nSPS) is 13.1. The second-order valence-corrected chi connectivity index (χ2v) is 26.3. The molecule has 2 unspecified atom stereocenters. The predicted molar refractivity (Wildman–Crippen MR) is 329 cm³/mol. The molecule has 10 heteroatoms. The van der Waals surface area contributed by atoms with E-state index in [2.05, 4.69) is 13.8 Å². The van der Waals surface area contributed by atoms with Gasteiger partial charge in [-0.25, -0.2) is 0 Å². The lowest BCUT2D eigenvalue weighted by molar-refractivity contribution is -0.870. The van der Waals surface area contributed by atoms with Crippen LogP contribution in [0.5, 0.6) is 0 Å². The highest BCUT2D eigenvalue weighted by atomic mass is 31.2. The van der Waals surface area contributed by atoms with Crippen molar-refractivity contribution in [1.82, 2.24) is 0 Å². The standard InChI is InChI=1S/C67H134NO8P/c1-6-8-10-12-14-16-18-20-22-24-25-26-27-28-29-30-31-32-33-34-35-36-37-38-39-40-41-42-43-44-46-48-50-52-54-56-58-60-67(70)76-65(64-75-77(71,72)74-62-61-68(3,4)5)63-73-66(69)59-57-55-53-51-49-47-45-23-21-19-17-15-13-11-9-7-2/h65H,6-64H2,1-5H3. The van der Waals surface area contributed by atoms with Crippen LogP contribution in [0.3, 0.4) is 0 Å². The van der Waals surface area contributed by atoms with E-state index in [0.29, 0.717) is 17.4 Å². The van der Waals surface area contributed by atoms with Gasteiger partial charge in [0.25, 0.3) is 7.82 Å². The third-order valence-corrected chi connectivity index (χ3v) is 16.8. The maximum Gasteiger partial charge on any atom is 0.306 e. The number of likely N-dealkylation sites (N-methyl/N-ethyl adjacent to an activating group) is 1. The maximum absolute atomic E-state index is 12.8. The molecule has 2 atom stereocenters. The van der Waals surface area contributed by atoms with Gasteiger partial charge in [0, 0.05) is 12.8 Å². The zero-order valence-corrected chi connectivity index (χ0v) is 53.4. The topological polar surface area (TPSA) is 111 Å². The lowest BCUT2D eigenvalue weighted by atomic mass is 10.0. The lowest BCUT2D eigenvalue weighted by Gasteiger charge is -2.28. The molecular weight excluding hydrogens is 978 g/mol. The largest absolute Gasteiger partial charge is 0.756 e. The first-order valence-electron chi connectivity index (χ1n) is 34.2. The molecule has 0 fully saturated rings. The van der Waals surface area contributed by atoms with Crippen molar-refractivity contribution in [3.63, 3.8) is 0 Å². The van der Waals surface area contributed by atoms with E-state index in [4.69, 9.17) is 18.5 Å². The Balaban J connectivity index is 3.87. The van der Waals surface area contributed by atoms with Crippen LogP contribution in [-0.4, -0.2) is 70.0 Å². The van der Waals surface area contributed by atoms with Crippen LogP contribution in [0.1, 0.15) is 367 Å². The fourth-order valence-corrected chi connectivity index (χ4v) is 11.3. The molecule has 0 N–H and O–H groups in total. The van der Waals surface area contributed by atoms with Crippen molar-refractivity contribution in [3.05, 3.63) is 0 Å². The van der Waals surface area contributed by atoms with Crippen molar-refractivity contribution in [3.8, 4) is 0 Å². The van der Waals surface area contributed by atoms with E-state index in [-0.39, 0.29) is 32.0 Å². The number of rotatable bonds is 65. The number of phosphoric ester groups is 1. The van der Waals surface area contributed by atoms with Gasteiger partial charge in [-0.05, 0) is 12.8 Å². The zero-order chi connectivity index (χ0) is 56.3. The van der Waals surface area contributed by atoms with E-state index in [1.165, 1.54) is 302 Å². The van der Waals surface area contributed by atoms with Gasteiger partial charge in [-0.2, -0.15) is 0 Å². The van der Waals surface area contributed by atoms with Crippen LogP contribution in [0.25, 0.3) is 0 Å². The molecule has 9 nitrogen and oxygen atoms in total. The number of carbonyl (C=O) groups excluding carboxylic acids is 2. The molecule has 0 heterocycles. The van der Waals surface area contributed by atoms with E-state index < -0.39 is 26.5 Å². The molecule has 0 rings (SSSR count). The van der Waals surface area contributed by atoms with E-state index in [1.54, 1.807) is 0 Å². The van der Waals surface area contributed by atoms with Gasteiger partial charge >= 0.3 is 11.9 Å². The fraction of sp³-hybridized carbons (Fsp3) is 0.970. The second-order valence-electron chi connectivity index (χ2n) is 24.9. The Morgan fingerprint density at radius 2 is 0.584 bits per heavy atom. The maximum atomic E-state index is 12.8. The van der Waals surface area contributed by atoms with E-state index in [9.17, 15) is 19.0 Å². The fourth-order valence-electron chi connectivity index (χ4n) is 10.6. The quantitative estimate of drug-likeness (QED) is 0.0256. The Kier molecular flexibility index (Phi) is 58.9. The molecule has 0 saturated heterocycles. The molecule has 460 valence electrons. The van der Waals surface area contributed by atoms with Gasteiger partial charge in [0.1, 0.15) is 19.8 Å². The molecule has 0 spiro atoms. The van der Waals surface area contributed by atoms with Crippen molar-refractivity contribution in [2.24, 2.45) is 0 Å². The van der Waals surface area contributed by atoms with Crippen LogP contribution in [0, 0.1) is 0 Å². The summed E-state index contributed by atoms with van der Waals surface area (Å²) in [5.74, 6) is -0.807. The number of esters is 2. The zero-order valence-electron chi connectivity index (χ0n) is 52.5. The molecule has 77 heavy (non-hydrogen) atoms. The van der Waals surface area contributed by atoms with E-state index >= 15 is 0 Å². The summed E-state index contributed by atoms with van der Waals surface area (Å²) in [4.78, 5) is 37.9. The molecule has 0 radical (unpaired) electrons. The van der Waals surface area contributed by atoms with E-state index in [0.717, 1.165) is 32.1 Å². The van der Waals surface area contributed by atoms with Crippen LogP contribution >= 0.6 is 7.82 Å². The summed E-state index contributed by atoms with van der Waals surface area (Å²) < 4.78 is 34.2. The monoisotopic (exact) mass is 1110 g/mol. The first-order chi connectivity index (χ1) is 37.5. The number of unbranched alkanes of at least 4 members (excludes halogenated alkanes) is 51. The minimum absolute atomic E-state index is 0.0250. The van der Waals surface area contributed by atoms with Gasteiger partial charge in [-0.15, -0.1) is 0 Å². The minimum atomic E-state index is -4.63. The highest BCUT2D eigenvalue weighted by Gasteiger charge is 2.22. The van der Waals surface area contributed by atoms with E-state index in [1.807, 2.05) is 21.1 Å². The summed E-state index contributed by atoms with van der Waals surface area (Å²) in [6, 6.07) is 0. The van der Waals surface area contributed by atoms with Crippen molar-refractivity contribution in [2.45, 2.75) is 373 Å². The molecule has 0 aromatic heterocycles. The summed E-state index contributed by atoms with van der Waals surface area (Å²) >= 11 is 0. The Labute approximate surface area is 480 Å². The lowest BCUT2D eigenvalue weighted by Crippen LogP contribution is -2.37. The molecular formula is C67H134NO8P. The number of nitrogens with zero attached hydrogens (tertiary/aromatic N) is 1. The molecule has 0 saturated carbocycles. The molecule has 0 bridgehead atoms. The summed E-state index contributed by atoms with van der Waals surface area (Å²) in [6.07, 6.45) is 70.6. The number of quaternary nitrogens is 1. The van der Waals surface area contributed by atoms with Crippen LogP contribution in [-0.2, 0) is 32.7 Å². The number of hydrogen-bond donors (Lipinski definition) is 0. The van der Waals surface area contributed by atoms with Crippen LogP contribution in [0.15, 0.2) is 0 Å². The number of phosphoric acid groups is 1. The highest BCUT2D eigenvalue weighted by molar-refractivity contribution is 7.45. The summed E-state index contributed by atoms with van der Waals surface area (Å²) in [7, 11) is 1.19. The van der Waals surface area contributed by atoms with Gasteiger partial charge in [0.05, 0.1) is 27.7 Å². The highest BCUT2D eigenvalue weighted by Crippen LogP contribution is 2.38. The van der Waals surface area contributed by atoms with Gasteiger partial charge < -0.3 is 27.9 Å². The first-order valence-corrected chi connectivity index (χ1v) is 35.7. The molecule has 0 amide bonds. The van der Waals surface area contributed by atoms with Crippen LogP contribution in [0.2, 0.25) is 0 Å². The molecule has 0 aliphatic rings. The SMILES string of the molecule is CCCCCCCCCCCCCCCCCCCCCCCCCCCCCCCCCCCCCCCC(=O)OC(COC(=O)CCCCCCCCCCCCCCCCCC)COP(=O)([O-])OCC[N+](C)(C)C. The predicted octanol–water partition coefficient (Wildman–Crippen LogP) is 21.1. The van der Waals surface area contributed by atoms with Crippen molar-refractivity contribution < 1.29 is 42.1 Å². The Morgan fingerprint density at radius 3 is 0.831 bits per heavy atom. The summed E-state index contributed by atoms with van der Waals surface area (Å²) in [6.45, 7) is 4.32. The smallest absolute Gasteiger partial charge is 0.306 e. The molecule has 0 aromatic rings. The Morgan fingerprint density at radius 1 is 0.351 bits per heavy atom. The van der Waals surface area contributed by atoms with Gasteiger partial charge in [0.15, 0.2) is 6.10 Å². The average molecular weight is 1110 g/mol. The van der Waals surface area contributed by atoms with Gasteiger partial charge in [0.2, 0.25) is 0 Å². The molecule has 0 aliphatic heterocycles. The molecule has 0 aliphatic carbocycles. The van der Waals surface area contributed by atoms with Gasteiger partial charge in [-0.3, -0.25) is 14.2 Å². The van der Waals surface area contributed by atoms with Crippen molar-refractivity contribution in [1.29, 1.82) is 0 Å². The third-order valence-electron chi connectivity index (χ3n) is 15.9. The van der Waals surface area contributed by atoms with Gasteiger partial charge in [-0.1, -0.05) is 341 Å². The Bertz CT molecular complexity index is 1260. The van der Waals surface area contributed by atoms with Crippen molar-refractivity contribution in [2.75, 3.05) is 47.5 Å². The molecule has 0 aromatic carbocycles.